The van der Waals surface area contributed by atoms with E-state index in [1.54, 1.807) is 30.5 Å². The summed E-state index contributed by atoms with van der Waals surface area (Å²) in [6, 6.07) is 7.57. The number of hydrogen-bond donors (Lipinski definition) is 3. The molecule has 2 saturated heterocycles. The van der Waals surface area contributed by atoms with Crippen molar-refractivity contribution in [2.75, 3.05) is 0 Å². The minimum absolute atomic E-state index is 0.144. The van der Waals surface area contributed by atoms with Crippen molar-refractivity contribution >= 4 is 17.2 Å². The highest BCUT2D eigenvalue weighted by Crippen LogP contribution is 2.30. The molecule has 3 heterocycles. The molecule has 1 aromatic heterocycles. The van der Waals surface area contributed by atoms with Crippen molar-refractivity contribution in [3.63, 3.8) is 0 Å². The Balaban J connectivity index is 1.39. The number of nitrogens with one attached hydrogen (secondary N) is 2. The molecule has 0 aliphatic carbocycles. The number of benzene rings is 1. The van der Waals surface area contributed by atoms with Crippen LogP contribution in [-0.2, 0) is 0 Å². The lowest BCUT2D eigenvalue weighted by Crippen LogP contribution is -2.42. The maximum atomic E-state index is 12.3. The van der Waals surface area contributed by atoms with Crippen LogP contribution in [0.4, 0.5) is 0 Å². The van der Waals surface area contributed by atoms with E-state index >= 15 is 0 Å². The third-order valence-electron chi connectivity index (χ3n) is 4.35. The fourth-order valence-electron chi connectivity index (χ4n) is 3.26. The van der Waals surface area contributed by atoms with Gasteiger partial charge < -0.3 is 20.5 Å². The van der Waals surface area contributed by atoms with Gasteiger partial charge in [-0.2, -0.15) is 0 Å². The van der Waals surface area contributed by atoms with Gasteiger partial charge in [-0.25, -0.2) is 4.98 Å². The third-order valence-corrected chi connectivity index (χ3v) is 5.22. The molecule has 0 unspecified atom stereocenters. The van der Waals surface area contributed by atoms with Crippen LogP contribution >= 0.6 is 11.3 Å². The standard InChI is InChI=1S/C16H17N3O3S/c20-10-2-4-11(5-3-10)22-14-8-17-16(23-14)15(21)19-13-7-9-1-6-12(13)18-9/h2-5,8-9,12-13,18,20H,1,6-7H2,(H,19,21)/t9-,12+,13-/m1/s1. The molecule has 2 fully saturated rings. The predicted molar refractivity (Wildman–Crippen MR) is 86.1 cm³/mol. The first-order chi connectivity index (χ1) is 11.2. The van der Waals surface area contributed by atoms with Crippen LogP contribution in [0.15, 0.2) is 30.5 Å². The minimum Gasteiger partial charge on any atom is -0.508 e. The second kappa shape index (κ2) is 5.82. The van der Waals surface area contributed by atoms with Crippen molar-refractivity contribution in [1.82, 2.24) is 15.6 Å². The van der Waals surface area contributed by atoms with Crippen LogP contribution in [0.5, 0.6) is 16.6 Å². The van der Waals surface area contributed by atoms with E-state index in [4.69, 9.17) is 4.74 Å². The fourth-order valence-corrected chi connectivity index (χ4v) is 3.95. The number of thiazole rings is 1. The van der Waals surface area contributed by atoms with Gasteiger partial charge in [0.2, 0.25) is 5.06 Å². The Bertz CT molecular complexity index is 716. The lowest BCUT2D eigenvalue weighted by Gasteiger charge is -2.20. The molecule has 3 atom stereocenters. The Morgan fingerprint density at radius 3 is 2.87 bits per heavy atom. The summed E-state index contributed by atoms with van der Waals surface area (Å²) >= 11 is 1.22. The van der Waals surface area contributed by atoms with Crippen molar-refractivity contribution in [2.24, 2.45) is 0 Å². The average molecular weight is 331 g/mol. The van der Waals surface area contributed by atoms with Gasteiger partial charge >= 0.3 is 0 Å². The highest BCUT2D eigenvalue weighted by atomic mass is 32.1. The van der Waals surface area contributed by atoms with Crippen LogP contribution in [-0.4, -0.2) is 34.1 Å². The first-order valence-corrected chi connectivity index (χ1v) is 8.48. The molecule has 4 rings (SSSR count). The lowest BCUT2D eigenvalue weighted by atomic mass is 9.95. The van der Waals surface area contributed by atoms with Gasteiger partial charge in [0.15, 0.2) is 5.01 Å². The van der Waals surface area contributed by atoms with Crippen LogP contribution < -0.4 is 15.4 Å². The zero-order chi connectivity index (χ0) is 15.8. The molecule has 2 aliphatic heterocycles. The molecule has 6 nitrogen and oxygen atoms in total. The molecule has 23 heavy (non-hydrogen) atoms. The van der Waals surface area contributed by atoms with Gasteiger partial charge in [-0.15, -0.1) is 0 Å². The lowest BCUT2D eigenvalue weighted by molar-refractivity contribution is 0.0930. The summed E-state index contributed by atoms with van der Waals surface area (Å²) in [5.41, 5.74) is 0. The Morgan fingerprint density at radius 2 is 2.17 bits per heavy atom. The number of aromatic nitrogens is 1. The van der Waals surface area contributed by atoms with E-state index in [-0.39, 0.29) is 17.7 Å². The molecular weight excluding hydrogens is 314 g/mol. The molecule has 2 bridgehead atoms. The maximum Gasteiger partial charge on any atom is 0.280 e. The Kier molecular flexibility index (Phi) is 3.66. The van der Waals surface area contributed by atoms with Gasteiger partial charge in [0.1, 0.15) is 11.5 Å². The number of aromatic hydroxyl groups is 1. The van der Waals surface area contributed by atoms with Crippen molar-refractivity contribution in [3.8, 4) is 16.6 Å². The van der Waals surface area contributed by atoms with E-state index in [9.17, 15) is 9.90 Å². The molecule has 120 valence electrons. The van der Waals surface area contributed by atoms with Crippen molar-refractivity contribution in [3.05, 3.63) is 35.5 Å². The van der Waals surface area contributed by atoms with E-state index in [0.717, 1.165) is 12.8 Å². The monoisotopic (exact) mass is 331 g/mol. The SMILES string of the molecule is O=C(N[C@@H]1C[C@H]2CC[C@@H]1N2)c1ncc(Oc2ccc(O)cc2)s1. The van der Waals surface area contributed by atoms with E-state index in [1.165, 1.54) is 17.8 Å². The predicted octanol–water partition coefficient (Wildman–Crippen LogP) is 2.26. The van der Waals surface area contributed by atoms with E-state index in [0.29, 0.717) is 27.9 Å². The topological polar surface area (TPSA) is 83.5 Å². The largest absolute Gasteiger partial charge is 0.508 e. The summed E-state index contributed by atoms with van der Waals surface area (Å²) in [5, 5.41) is 16.8. The van der Waals surface area contributed by atoms with Gasteiger partial charge in [-0.05, 0) is 43.5 Å². The average Bonchev–Trinajstić information content (AvgIpc) is 3.26. The number of phenols is 1. The molecule has 2 aromatic rings. The van der Waals surface area contributed by atoms with E-state index < -0.39 is 0 Å². The number of amides is 1. The number of carbonyl (C=O) groups excluding carboxylic acids is 1. The Labute approximate surface area is 137 Å². The highest BCUT2D eigenvalue weighted by molar-refractivity contribution is 7.15. The minimum atomic E-state index is -0.144. The smallest absolute Gasteiger partial charge is 0.280 e. The molecule has 0 spiro atoms. The molecule has 0 saturated carbocycles. The summed E-state index contributed by atoms with van der Waals surface area (Å²) in [5.74, 6) is 0.631. The van der Waals surface area contributed by atoms with Crippen LogP contribution in [0.3, 0.4) is 0 Å². The summed E-state index contributed by atoms with van der Waals surface area (Å²) in [4.78, 5) is 16.5. The number of ether oxygens (including phenoxy) is 1. The number of hydrogen-bond acceptors (Lipinski definition) is 6. The zero-order valence-corrected chi connectivity index (χ0v) is 13.2. The van der Waals surface area contributed by atoms with E-state index in [1.807, 2.05) is 0 Å². The first kappa shape index (κ1) is 14.5. The van der Waals surface area contributed by atoms with Crippen molar-refractivity contribution in [2.45, 2.75) is 37.4 Å². The van der Waals surface area contributed by atoms with Crippen LogP contribution in [0, 0.1) is 0 Å². The molecule has 1 amide bonds. The third kappa shape index (κ3) is 3.02. The van der Waals surface area contributed by atoms with Crippen LogP contribution in [0.1, 0.15) is 29.1 Å². The second-order valence-electron chi connectivity index (χ2n) is 5.94. The number of fused-ring (bicyclic) bond motifs is 2. The summed E-state index contributed by atoms with van der Waals surface area (Å²) in [7, 11) is 0. The number of phenolic OH excluding ortho intramolecular Hbond substituents is 1. The van der Waals surface area contributed by atoms with Crippen LogP contribution in [0.25, 0.3) is 0 Å². The van der Waals surface area contributed by atoms with Gasteiger partial charge in [-0.3, -0.25) is 4.79 Å². The Morgan fingerprint density at radius 1 is 1.35 bits per heavy atom. The zero-order valence-electron chi connectivity index (χ0n) is 12.4. The van der Waals surface area contributed by atoms with Crippen molar-refractivity contribution in [1.29, 1.82) is 0 Å². The quantitative estimate of drug-likeness (QED) is 0.800. The summed E-state index contributed by atoms with van der Waals surface area (Å²) in [6.45, 7) is 0. The molecule has 2 aliphatic rings. The first-order valence-electron chi connectivity index (χ1n) is 7.67. The van der Waals surface area contributed by atoms with E-state index in [2.05, 4.69) is 15.6 Å². The highest BCUT2D eigenvalue weighted by Gasteiger charge is 2.39. The summed E-state index contributed by atoms with van der Waals surface area (Å²) < 4.78 is 5.64. The summed E-state index contributed by atoms with van der Waals surface area (Å²) in [6.07, 6.45) is 4.88. The number of carbonyl (C=O) groups is 1. The normalized spacial score (nSPS) is 25.5. The number of nitrogens with zero attached hydrogens (tertiary/aromatic N) is 1. The van der Waals surface area contributed by atoms with Gasteiger partial charge in [0, 0.05) is 18.1 Å². The molecular formula is C16H17N3O3S. The maximum absolute atomic E-state index is 12.3. The van der Waals surface area contributed by atoms with Crippen molar-refractivity contribution < 1.29 is 14.6 Å². The fraction of sp³-hybridized carbons (Fsp3) is 0.375. The molecule has 7 heteroatoms. The molecule has 3 N–H and O–H groups in total. The van der Waals surface area contributed by atoms with Gasteiger partial charge in [0.05, 0.1) is 6.20 Å². The van der Waals surface area contributed by atoms with Crippen LogP contribution in [0.2, 0.25) is 0 Å². The molecule has 0 radical (unpaired) electrons. The second-order valence-corrected chi connectivity index (χ2v) is 6.94. The van der Waals surface area contributed by atoms with Gasteiger partial charge in [0.25, 0.3) is 5.91 Å². The number of rotatable bonds is 4. The van der Waals surface area contributed by atoms with Gasteiger partial charge in [-0.1, -0.05) is 11.3 Å². The molecule has 1 aromatic carbocycles. The Hall–Kier alpha value is -2.12.